The molecule has 0 unspecified atom stereocenters. The summed E-state index contributed by atoms with van der Waals surface area (Å²) in [7, 11) is 1.66. The van der Waals surface area contributed by atoms with E-state index in [-0.39, 0.29) is 11.6 Å². The second kappa shape index (κ2) is 7.31. The van der Waals surface area contributed by atoms with E-state index in [1.807, 2.05) is 47.4 Å². The number of benzene rings is 2. The highest BCUT2D eigenvalue weighted by Crippen LogP contribution is 2.46. The van der Waals surface area contributed by atoms with Gasteiger partial charge in [-0.2, -0.15) is 0 Å². The van der Waals surface area contributed by atoms with Crippen molar-refractivity contribution in [1.82, 2.24) is 10.2 Å². The molecular weight excluding hydrogens is 362 g/mol. The first kappa shape index (κ1) is 18.0. The number of piperazine rings is 1. The Morgan fingerprint density at radius 2 is 1.78 bits per heavy atom. The molecule has 1 saturated carbocycles. The number of halogens is 1. The van der Waals surface area contributed by atoms with E-state index in [0.717, 1.165) is 48.0 Å². The molecule has 0 aromatic heterocycles. The Bertz CT molecular complexity index is 812. The number of urea groups is 1. The molecule has 1 N–H and O–H groups in total. The highest BCUT2D eigenvalue weighted by Gasteiger charge is 2.46. The summed E-state index contributed by atoms with van der Waals surface area (Å²) >= 11 is 6.09. The van der Waals surface area contributed by atoms with Crippen molar-refractivity contribution >= 4 is 23.3 Å². The third kappa shape index (κ3) is 3.83. The summed E-state index contributed by atoms with van der Waals surface area (Å²) in [6, 6.07) is 15.9. The molecule has 2 amide bonds. The Hall–Kier alpha value is -2.40. The number of carbonyl (C=O) groups is 1. The van der Waals surface area contributed by atoms with Gasteiger partial charge in [0.25, 0.3) is 0 Å². The van der Waals surface area contributed by atoms with Crippen molar-refractivity contribution in [3.05, 3.63) is 59.1 Å². The highest BCUT2D eigenvalue weighted by atomic mass is 35.5. The van der Waals surface area contributed by atoms with E-state index in [9.17, 15) is 4.79 Å². The molecule has 1 aliphatic heterocycles. The molecule has 5 nitrogen and oxygen atoms in total. The van der Waals surface area contributed by atoms with Crippen LogP contribution in [0.25, 0.3) is 0 Å². The van der Waals surface area contributed by atoms with Crippen LogP contribution in [-0.4, -0.2) is 44.2 Å². The molecule has 0 bridgehead atoms. The van der Waals surface area contributed by atoms with Crippen LogP contribution >= 0.6 is 11.6 Å². The fourth-order valence-corrected chi connectivity index (χ4v) is 3.83. The molecule has 1 saturated heterocycles. The van der Waals surface area contributed by atoms with Crippen molar-refractivity contribution in [3.63, 3.8) is 0 Å². The smallest absolute Gasteiger partial charge is 0.318 e. The Kier molecular flexibility index (Phi) is 4.87. The van der Waals surface area contributed by atoms with Gasteiger partial charge in [-0.3, -0.25) is 0 Å². The van der Waals surface area contributed by atoms with Crippen molar-refractivity contribution < 1.29 is 9.53 Å². The van der Waals surface area contributed by atoms with E-state index in [0.29, 0.717) is 13.1 Å². The third-order valence-corrected chi connectivity index (χ3v) is 5.71. The standard InChI is InChI=1S/C21H24ClN3O2/c1-27-19-7-5-16(6-8-19)21(9-10-21)23-20(26)25-13-11-24(12-14-25)18-4-2-3-17(22)15-18/h2-8,15H,9-14H2,1H3,(H,23,26). The lowest BCUT2D eigenvalue weighted by molar-refractivity contribution is 0.189. The summed E-state index contributed by atoms with van der Waals surface area (Å²) in [6.07, 6.45) is 1.96. The topological polar surface area (TPSA) is 44.8 Å². The summed E-state index contributed by atoms with van der Waals surface area (Å²) in [6.45, 7) is 3.03. The predicted octanol–water partition coefficient (Wildman–Crippen LogP) is 3.87. The zero-order valence-electron chi connectivity index (χ0n) is 15.5. The minimum absolute atomic E-state index is 0.0223. The van der Waals surface area contributed by atoms with Gasteiger partial charge in [0.2, 0.25) is 0 Å². The largest absolute Gasteiger partial charge is 0.497 e. The second-order valence-electron chi connectivity index (χ2n) is 7.19. The monoisotopic (exact) mass is 385 g/mol. The molecule has 2 fully saturated rings. The van der Waals surface area contributed by atoms with Crippen LogP contribution in [-0.2, 0) is 5.54 Å². The number of methoxy groups -OCH3 is 1. The lowest BCUT2D eigenvalue weighted by Crippen LogP contribution is -2.53. The minimum Gasteiger partial charge on any atom is -0.497 e. The molecule has 2 aromatic rings. The molecule has 0 atom stereocenters. The summed E-state index contributed by atoms with van der Waals surface area (Å²) in [4.78, 5) is 17.0. The van der Waals surface area contributed by atoms with Gasteiger partial charge in [0, 0.05) is 36.9 Å². The van der Waals surface area contributed by atoms with Crippen LogP contribution < -0.4 is 15.0 Å². The van der Waals surface area contributed by atoms with E-state index in [1.54, 1.807) is 7.11 Å². The van der Waals surface area contributed by atoms with Crippen LogP contribution in [0.1, 0.15) is 18.4 Å². The molecule has 4 rings (SSSR count). The molecule has 0 spiro atoms. The molecule has 2 aliphatic rings. The van der Waals surface area contributed by atoms with Crippen molar-refractivity contribution in [3.8, 4) is 5.75 Å². The first-order chi connectivity index (χ1) is 13.1. The van der Waals surface area contributed by atoms with Crippen molar-refractivity contribution in [2.75, 3.05) is 38.2 Å². The van der Waals surface area contributed by atoms with E-state index < -0.39 is 0 Å². The van der Waals surface area contributed by atoms with E-state index in [2.05, 4.69) is 16.3 Å². The lowest BCUT2D eigenvalue weighted by atomic mass is 10.0. The van der Waals surface area contributed by atoms with Gasteiger partial charge in [0.1, 0.15) is 5.75 Å². The Morgan fingerprint density at radius 1 is 1.07 bits per heavy atom. The minimum atomic E-state index is -0.215. The number of anilines is 1. The van der Waals surface area contributed by atoms with Crippen LogP contribution in [0.15, 0.2) is 48.5 Å². The van der Waals surface area contributed by atoms with Crippen LogP contribution in [0.5, 0.6) is 5.75 Å². The average Bonchev–Trinajstić information content (AvgIpc) is 3.49. The fraction of sp³-hybridized carbons (Fsp3) is 0.381. The van der Waals surface area contributed by atoms with Gasteiger partial charge in [-0.25, -0.2) is 4.79 Å². The molecule has 27 heavy (non-hydrogen) atoms. The summed E-state index contributed by atoms with van der Waals surface area (Å²) in [5, 5.41) is 4.00. The number of nitrogens with one attached hydrogen (secondary N) is 1. The van der Waals surface area contributed by atoms with Crippen LogP contribution in [0.3, 0.4) is 0 Å². The number of rotatable bonds is 4. The van der Waals surface area contributed by atoms with Gasteiger partial charge in [-0.15, -0.1) is 0 Å². The number of ether oxygens (including phenoxy) is 1. The maximum atomic E-state index is 12.8. The molecule has 2 aromatic carbocycles. The number of carbonyl (C=O) groups excluding carboxylic acids is 1. The zero-order valence-corrected chi connectivity index (χ0v) is 16.2. The number of hydrogen-bond acceptors (Lipinski definition) is 3. The second-order valence-corrected chi connectivity index (χ2v) is 7.63. The van der Waals surface area contributed by atoms with E-state index in [4.69, 9.17) is 16.3 Å². The first-order valence-electron chi connectivity index (χ1n) is 9.32. The predicted molar refractivity (Wildman–Crippen MR) is 108 cm³/mol. The fourth-order valence-electron chi connectivity index (χ4n) is 3.65. The summed E-state index contributed by atoms with van der Waals surface area (Å²) < 4.78 is 5.22. The number of nitrogens with zero attached hydrogens (tertiary/aromatic N) is 2. The van der Waals surface area contributed by atoms with Gasteiger partial charge in [-0.1, -0.05) is 29.8 Å². The van der Waals surface area contributed by atoms with Crippen LogP contribution in [0.4, 0.5) is 10.5 Å². The quantitative estimate of drug-likeness (QED) is 0.868. The van der Waals surface area contributed by atoms with Gasteiger partial charge in [0.05, 0.1) is 12.6 Å². The van der Waals surface area contributed by atoms with E-state index >= 15 is 0 Å². The van der Waals surface area contributed by atoms with Gasteiger partial charge >= 0.3 is 6.03 Å². The average molecular weight is 386 g/mol. The van der Waals surface area contributed by atoms with E-state index in [1.165, 1.54) is 0 Å². The molecule has 6 heteroatoms. The maximum absolute atomic E-state index is 12.8. The molecule has 1 heterocycles. The number of amides is 2. The Balaban J connectivity index is 1.35. The SMILES string of the molecule is COc1ccc(C2(NC(=O)N3CCN(c4cccc(Cl)c4)CC3)CC2)cc1. The first-order valence-corrected chi connectivity index (χ1v) is 9.70. The van der Waals surface area contributed by atoms with Crippen LogP contribution in [0, 0.1) is 0 Å². The summed E-state index contributed by atoms with van der Waals surface area (Å²) in [5.41, 5.74) is 2.04. The summed E-state index contributed by atoms with van der Waals surface area (Å²) in [5.74, 6) is 0.831. The third-order valence-electron chi connectivity index (χ3n) is 5.48. The highest BCUT2D eigenvalue weighted by molar-refractivity contribution is 6.30. The molecular formula is C21H24ClN3O2. The van der Waals surface area contributed by atoms with Gasteiger partial charge in [0.15, 0.2) is 0 Å². The van der Waals surface area contributed by atoms with Crippen molar-refractivity contribution in [2.45, 2.75) is 18.4 Å². The van der Waals surface area contributed by atoms with Gasteiger partial charge in [-0.05, 0) is 48.7 Å². The Morgan fingerprint density at radius 3 is 2.37 bits per heavy atom. The normalized spacial score (nSPS) is 18.1. The lowest BCUT2D eigenvalue weighted by Gasteiger charge is -2.37. The number of hydrogen-bond donors (Lipinski definition) is 1. The zero-order chi connectivity index (χ0) is 18.9. The molecule has 0 radical (unpaired) electrons. The van der Waals surface area contributed by atoms with Crippen molar-refractivity contribution in [1.29, 1.82) is 0 Å². The maximum Gasteiger partial charge on any atom is 0.318 e. The van der Waals surface area contributed by atoms with Crippen LogP contribution in [0.2, 0.25) is 5.02 Å². The van der Waals surface area contributed by atoms with Crippen molar-refractivity contribution in [2.24, 2.45) is 0 Å². The molecule has 1 aliphatic carbocycles. The Labute approximate surface area is 164 Å². The molecule has 142 valence electrons. The van der Waals surface area contributed by atoms with Gasteiger partial charge < -0.3 is 19.9 Å².